The summed E-state index contributed by atoms with van der Waals surface area (Å²) >= 11 is 1.39. The molecule has 1 aliphatic rings. The molecule has 3 aromatic rings. The number of benzene rings is 1. The van der Waals surface area contributed by atoms with Gasteiger partial charge in [0.15, 0.2) is 10.8 Å². The molecule has 3 heterocycles. The largest absolute Gasteiger partial charge is 0.462 e. The Balaban J connectivity index is 0.00000131. The fourth-order valence-corrected chi connectivity index (χ4v) is 4.14. The molecule has 1 aromatic carbocycles. The number of hydrogen-bond acceptors (Lipinski definition) is 5. The van der Waals surface area contributed by atoms with Gasteiger partial charge in [0.05, 0.1) is 12.0 Å². The summed E-state index contributed by atoms with van der Waals surface area (Å²) in [5.74, 6) is 1.11. The van der Waals surface area contributed by atoms with Gasteiger partial charge in [-0.15, -0.1) is 36.2 Å². The number of likely N-dealkylation sites (tertiary alicyclic amines) is 1. The van der Waals surface area contributed by atoms with Crippen molar-refractivity contribution < 1.29 is 9.21 Å². The van der Waals surface area contributed by atoms with Gasteiger partial charge in [-0.05, 0) is 31.0 Å². The number of rotatable bonds is 4. The first-order valence-corrected chi connectivity index (χ1v) is 9.17. The highest BCUT2D eigenvalue weighted by Gasteiger charge is 2.30. The molecule has 2 N–H and O–H groups in total. The second-order valence-corrected chi connectivity index (χ2v) is 7.18. The number of thiazole rings is 1. The molecule has 1 aliphatic heterocycles. The van der Waals surface area contributed by atoms with Crippen LogP contribution in [0.15, 0.2) is 53.1 Å². The molecule has 0 saturated carbocycles. The lowest BCUT2D eigenvalue weighted by molar-refractivity contribution is 0.0793. The van der Waals surface area contributed by atoms with Gasteiger partial charge in [0.1, 0.15) is 4.88 Å². The van der Waals surface area contributed by atoms with Crippen LogP contribution in [-0.4, -0.2) is 35.4 Å². The predicted molar refractivity (Wildman–Crippen MR) is 113 cm³/mol. The van der Waals surface area contributed by atoms with E-state index in [1.807, 2.05) is 47.4 Å². The summed E-state index contributed by atoms with van der Waals surface area (Å²) in [4.78, 5) is 20.4. The summed E-state index contributed by atoms with van der Waals surface area (Å²) in [5.41, 5.74) is 7.42. The molecule has 5 nitrogen and oxygen atoms in total. The molecule has 27 heavy (non-hydrogen) atoms. The van der Waals surface area contributed by atoms with Crippen molar-refractivity contribution in [3.05, 3.63) is 53.6 Å². The number of amides is 1. The number of carbonyl (C=O) groups is 1. The highest BCUT2D eigenvalue weighted by molar-refractivity contribution is 7.17. The van der Waals surface area contributed by atoms with Crippen LogP contribution in [0.1, 0.15) is 16.1 Å². The van der Waals surface area contributed by atoms with Crippen LogP contribution in [0, 0.1) is 5.92 Å². The Bertz CT molecular complexity index is 868. The van der Waals surface area contributed by atoms with E-state index in [0.717, 1.165) is 35.8 Å². The predicted octanol–water partition coefficient (Wildman–Crippen LogP) is 4.33. The zero-order valence-electron chi connectivity index (χ0n) is 14.5. The molecule has 0 bridgehead atoms. The van der Waals surface area contributed by atoms with Gasteiger partial charge in [-0.1, -0.05) is 30.3 Å². The molecular formula is C19H21Cl2N3O2S. The monoisotopic (exact) mass is 425 g/mol. The van der Waals surface area contributed by atoms with Gasteiger partial charge in [0, 0.05) is 18.7 Å². The molecule has 0 spiro atoms. The maximum Gasteiger partial charge on any atom is 0.266 e. The molecular weight excluding hydrogens is 405 g/mol. The normalized spacial score (nSPS) is 15.9. The minimum atomic E-state index is 0. The average molecular weight is 426 g/mol. The molecule has 1 fully saturated rings. The van der Waals surface area contributed by atoms with E-state index in [0.29, 0.717) is 23.1 Å². The zero-order valence-corrected chi connectivity index (χ0v) is 17.0. The Morgan fingerprint density at radius 3 is 2.63 bits per heavy atom. The van der Waals surface area contributed by atoms with Crippen LogP contribution in [0.25, 0.3) is 22.0 Å². The van der Waals surface area contributed by atoms with E-state index >= 15 is 0 Å². The molecule has 144 valence electrons. The Morgan fingerprint density at radius 1 is 1.22 bits per heavy atom. The van der Waals surface area contributed by atoms with Gasteiger partial charge in [0.2, 0.25) is 0 Å². The first-order valence-electron chi connectivity index (χ1n) is 8.35. The number of hydrogen-bond donors (Lipinski definition) is 1. The number of aromatic nitrogens is 1. The fraction of sp³-hybridized carbons (Fsp3) is 0.263. The number of halogens is 2. The minimum absolute atomic E-state index is 0. The Morgan fingerprint density at radius 2 is 2.00 bits per heavy atom. The van der Waals surface area contributed by atoms with Crippen molar-refractivity contribution in [2.24, 2.45) is 11.7 Å². The Kier molecular flexibility index (Phi) is 7.44. The van der Waals surface area contributed by atoms with Gasteiger partial charge in [0.25, 0.3) is 5.91 Å². The maximum absolute atomic E-state index is 13.1. The van der Waals surface area contributed by atoms with Crippen molar-refractivity contribution in [2.75, 3.05) is 19.6 Å². The quantitative estimate of drug-likeness (QED) is 0.674. The van der Waals surface area contributed by atoms with E-state index in [9.17, 15) is 4.79 Å². The summed E-state index contributed by atoms with van der Waals surface area (Å²) in [5, 5.41) is 0.724. The molecule has 2 aromatic heterocycles. The third kappa shape index (κ3) is 4.35. The third-order valence-electron chi connectivity index (χ3n) is 4.51. The molecule has 0 radical (unpaired) electrons. The van der Waals surface area contributed by atoms with Crippen molar-refractivity contribution in [1.82, 2.24) is 9.88 Å². The van der Waals surface area contributed by atoms with Crippen molar-refractivity contribution >= 4 is 42.1 Å². The Labute approximate surface area is 174 Å². The number of carbonyl (C=O) groups excluding carboxylic acids is 1. The molecule has 1 saturated heterocycles. The van der Waals surface area contributed by atoms with Crippen LogP contribution in [0.3, 0.4) is 0 Å². The van der Waals surface area contributed by atoms with Gasteiger partial charge in [-0.2, -0.15) is 0 Å². The maximum atomic E-state index is 13.1. The first kappa shape index (κ1) is 21.4. The van der Waals surface area contributed by atoms with Crippen LogP contribution in [0.4, 0.5) is 0 Å². The molecule has 1 atom stereocenters. The second kappa shape index (κ2) is 9.37. The van der Waals surface area contributed by atoms with Gasteiger partial charge < -0.3 is 15.1 Å². The zero-order chi connectivity index (χ0) is 17.2. The van der Waals surface area contributed by atoms with Crippen molar-refractivity contribution in [1.29, 1.82) is 0 Å². The van der Waals surface area contributed by atoms with Crippen molar-refractivity contribution in [3.8, 4) is 22.0 Å². The number of nitrogens with zero attached hydrogens (tertiary/aromatic N) is 2. The number of nitrogens with two attached hydrogens (primary N) is 1. The van der Waals surface area contributed by atoms with Crippen LogP contribution >= 0.6 is 36.2 Å². The van der Waals surface area contributed by atoms with E-state index < -0.39 is 0 Å². The summed E-state index contributed by atoms with van der Waals surface area (Å²) < 4.78 is 5.47. The highest BCUT2D eigenvalue weighted by Crippen LogP contribution is 2.35. The fourth-order valence-electron chi connectivity index (χ4n) is 3.12. The molecule has 8 heteroatoms. The topological polar surface area (TPSA) is 72.4 Å². The van der Waals surface area contributed by atoms with E-state index in [2.05, 4.69) is 0 Å². The standard InChI is InChI=1S/C19H19N3O2S.2ClH/c20-11-13-8-9-22(12-13)19(23)17-16(14-5-2-1-3-6-14)21-18(25-17)15-7-4-10-24-15;;/h1-7,10,13H,8-9,11-12,20H2;2*1H. The van der Waals surface area contributed by atoms with Crippen LogP contribution in [0.5, 0.6) is 0 Å². The SMILES string of the molecule is Cl.Cl.NCC1CCN(C(=O)c2sc(-c3ccco3)nc2-c2ccccc2)C1. The lowest BCUT2D eigenvalue weighted by Crippen LogP contribution is -2.29. The van der Waals surface area contributed by atoms with Crippen LogP contribution in [0.2, 0.25) is 0 Å². The van der Waals surface area contributed by atoms with E-state index in [-0.39, 0.29) is 30.7 Å². The van der Waals surface area contributed by atoms with Crippen molar-refractivity contribution in [2.45, 2.75) is 6.42 Å². The van der Waals surface area contributed by atoms with Crippen LogP contribution < -0.4 is 5.73 Å². The molecule has 1 amide bonds. The summed E-state index contributed by atoms with van der Waals surface area (Å²) in [6.07, 6.45) is 2.58. The van der Waals surface area contributed by atoms with Gasteiger partial charge in [-0.3, -0.25) is 4.79 Å². The van der Waals surface area contributed by atoms with Gasteiger partial charge in [-0.25, -0.2) is 4.98 Å². The van der Waals surface area contributed by atoms with E-state index in [4.69, 9.17) is 15.1 Å². The molecule has 1 unspecified atom stereocenters. The molecule has 4 rings (SSSR count). The van der Waals surface area contributed by atoms with Crippen LogP contribution in [-0.2, 0) is 0 Å². The lowest BCUT2D eigenvalue weighted by atomic mass is 10.1. The Hall–Kier alpha value is -1.86. The smallest absolute Gasteiger partial charge is 0.266 e. The highest BCUT2D eigenvalue weighted by atomic mass is 35.5. The van der Waals surface area contributed by atoms with E-state index in [1.165, 1.54) is 11.3 Å². The summed E-state index contributed by atoms with van der Waals surface area (Å²) in [6, 6.07) is 13.5. The minimum Gasteiger partial charge on any atom is -0.462 e. The van der Waals surface area contributed by atoms with Crippen molar-refractivity contribution in [3.63, 3.8) is 0 Å². The summed E-state index contributed by atoms with van der Waals surface area (Å²) in [6.45, 7) is 2.09. The second-order valence-electron chi connectivity index (χ2n) is 6.18. The third-order valence-corrected chi connectivity index (χ3v) is 5.56. The summed E-state index contributed by atoms with van der Waals surface area (Å²) in [7, 11) is 0. The van der Waals surface area contributed by atoms with Gasteiger partial charge >= 0.3 is 0 Å². The molecule has 0 aliphatic carbocycles. The lowest BCUT2D eigenvalue weighted by Gasteiger charge is -2.15. The number of furan rings is 1. The van der Waals surface area contributed by atoms with E-state index in [1.54, 1.807) is 6.26 Å². The first-order chi connectivity index (χ1) is 12.3. The average Bonchev–Trinajstić information content (AvgIpc) is 3.41.